The second-order valence-corrected chi connectivity index (χ2v) is 6.39. The lowest BCUT2D eigenvalue weighted by Crippen LogP contribution is -2.37. The zero-order valence-electron chi connectivity index (χ0n) is 17.0. The van der Waals surface area contributed by atoms with Crippen molar-refractivity contribution >= 4 is 29.9 Å². The van der Waals surface area contributed by atoms with E-state index in [1.165, 1.54) is 11.1 Å². The van der Waals surface area contributed by atoms with Crippen molar-refractivity contribution in [3.63, 3.8) is 0 Å². The van der Waals surface area contributed by atoms with E-state index in [9.17, 15) is 0 Å². The van der Waals surface area contributed by atoms with Gasteiger partial charge in [0.15, 0.2) is 5.96 Å². The highest BCUT2D eigenvalue weighted by Gasteiger charge is 2.06. The zero-order valence-corrected chi connectivity index (χ0v) is 19.4. The van der Waals surface area contributed by atoms with Crippen molar-refractivity contribution in [1.82, 2.24) is 10.6 Å². The molecule has 0 spiro atoms. The van der Waals surface area contributed by atoms with Gasteiger partial charge in [0.25, 0.3) is 0 Å². The Kier molecular flexibility index (Phi) is 12.3. The smallest absolute Gasteiger partial charge is 0.191 e. The Morgan fingerprint density at radius 3 is 2.54 bits per heavy atom. The summed E-state index contributed by atoms with van der Waals surface area (Å²) in [4.78, 5) is 4.31. The summed E-state index contributed by atoms with van der Waals surface area (Å²) >= 11 is 0. The first-order valence-corrected chi connectivity index (χ1v) is 9.42. The van der Waals surface area contributed by atoms with Crippen molar-refractivity contribution in [1.29, 1.82) is 0 Å². The number of benzene rings is 2. The van der Waals surface area contributed by atoms with Crippen LogP contribution in [0.15, 0.2) is 53.5 Å². The summed E-state index contributed by atoms with van der Waals surface area (Å²) in [6.07, 6.45) is 1.83. The van der Waals surface area contributed by atoms with Crippen LogP contribution in [-0.4, -0.2) is 39.9 Å². The number of halogens is 1. The van der Waals surface area contributed by atoms with Crippen LogP contribution in [0.1, 0.15) is 23.1 Å². The van der Waals surface area contributed by atoms with Gasteiger partial charge in [-0.05, 0) is 30.5 Å². The SMILES string of the molecule is CN=C(NCCc1ccccc1)NCc1ccc(C)cc1OCCCOC.I. The number of hydrogen-bond donors (Lipinski definition) is 2. The van der Waals surface area contributed by atoms with Gasteiger partial charge >= 0.3 is 0 Å². The topological polar surface area (TPSA) is 54.9 Å². The Morgan fingerprint density at radius 2 is 1.82 bits per heavy atom. The van der Waals surface area contributed by atoms with Crippen LogP contribution in [0.3, 0.4) is 0 Å². The maximum atomic E-state index is 5.94. The Bertz CT molecular complexity index is 708. The minimum Gasteiger partial charge on any atom is -0.493 e. The van der Waals surface area contributed by atoms with E-state index in [4.69, 9.17) is 9.47 Å². The maximum Gasteiger partial charge on any atom is 0.191 e. The van der Waals surface area contributed by atoms with Crippen LogP contribution in [0.25, 0.3) is 0 Å². The molecule has 154 valence electrons. The minimum absolute atomic E-state index is 0. The average Bonchev–Trinajstić information content (AvgIpc) is 2.69. The zero-order chi connectivity index (χ0) is 19.3. The van der Waals surface area contributed by atoms with Crippen molar-refractivity contribution in [2.75, 3.05) is 33.9 Å². The van der Waals surface area contributed by atoms with Gasteiger partial charge in [-0.15, -0.1) is 24.0 Å². The number of guanidine groups is 1. The Hall–Kier alpha value is -1.80. The van der Waals surface area contributed by atoms with E-state index in [0.29, 0.717) is 19.8 Å². The first kappa shape index (κ1) is 24.2. The minimum atomic E-state index is 0. The molecule has 0 aliphatic rings. The molecular formula is C22H32IN3O2. The quantitative estimate of drug-likeness (QED) is 0.226. The molecule has 0 atom stereocenters. The molecule has 0 heterocycles. The molecule has 0 fully saturated rings. The van der Waals surface area contributed by atoms with Crippen LogP contribution in [0.4, 0.5) is 0 Å². The summed E-state index contributed by atoms with van der Waals surface area (Å²) in [6, 6.07) is 16.7. The maximum absolute atomic E-state index is 5.94. The molecule has 28 heavy (non-hydrogen) atoms. The summed E-state index contributed by atoms with van der Waals surface area (Å²) in [5.74, 6) is 1.70. The Morgan fingerprint density at radius 1 is 1.04 bits per heavy atom. The molecule has 5 nitrogen and oxygen atoms in total. The first-order chi connectivity index (χ1) is 13.2. The molecule has 0 saturated carbocycles. The van der Waals surface area contributed by atoms with Crippen LogP contribution >= 0.6 is 24.0 Å². The molecule has 2 N–H and O–H groups in total. The van der Waals surface area contributed by atoms with Crippen LogP contribution in [0, 0.1) is 6.92 Å². The summed E-state index contributed by atoms with van der Waals surface area (Å²) < 4.78 is 11.0. The van der Waals surface area contributed by atoms with E-state index in [2.05, 4.69) is 65.0 Å². The lowest BCUT2D eigenvalue weighted by molar-refractivity contribution is 0.172. The van der Waals surface area contributed by atoms with E-state index >= 15 is 0 Å². The van der Waals surface area contributed by atoms with Gasteiger partial charge in [-0.3, -0.25) is 4.99 Å². The third-order valence-corrected chi connectivity index (χ3v) is 4.19. The molecule has 0 bridgehead atoms. The summed E-state index contributed by atoms with van der Waals surface area (Å²) in [6.45, 7) is 4.91. The van der Waals surface area contributed by atoms with Gasteiger partial charge < -0.3 is 20.1 Å². The molecular weight excluding hydrogens is 465 g/mol. The van der Waals surface area contributed by atoms with Gasteiger partial charge in [0.2, 0.25) is 0 Å². The molecule has 0 radical (unpaired) electrons. The molecule has 0 amide bonds. The van der Waals surface area contributed by atoms with Crippen molar-refractivity contribution < 1.29 is 9.47 Å². The van der Waals surface area contributed by atoms with Crippen molar-refractivity contribution in [3.05, 3.63) is 65.2 Å². The molecule has 2 aromatic rings. The Labute approximate surface area is 186 Å². The lowest BCUT2D eigenvalue weighted by Gasteiger charge is -2.15. The second-order valence-electron chi connectivity index (χ2n) is 6.39. The third kappa shape index (κ3) is 8.93. The van der Waals surface area contributed by atoms with Gasteiger partial charge in [0.1, 0.15) is 5.75 Å². The highest BCUT2D eigenvalue weighted by Crippen LogP contribution is 2.20. The largest absolute Gasteiger partial charge is 0.493 e. The van der Waals surface area contributed by atoms with Crippen LogP contribution in [-0.2, 0) is 17.7 Å². The summed E-state index contributed by atoms with van der Waals surface area (Å²) in [7, 11) is 3.49. The van der Waals surface area contributed by atoms with Gasteiger partial charge in [0, 0.05) is 45.8 Å². The summed E-state index contributed by atoms with van der Waals surface area (Å²) in [5.41, 5.74) is 3.61. The number of aliphatic imine (C=N–C) groups is 1. The van der Waals surface area contributed by atoms with Crippen molar-refractivity contribution in [3.8, 4) is 5.75 Å². The third-order valence-electron chi connectivity index (χ3n) is 4.19. The van der Waals surface area contributed by atoms with Crippen LogP contribution < -0.4 is 15.4 Å². The van der Waals surface area contributed by atoms with Crippen molar-refractivity contribution in [2.24, 2.45) is 4.99 Å². The summed E-state index contributed by atoms with van der Waals surface area (Å²) in [5, 5.41) is 6.73. The molecule has 2 rings (SSSR count). The molecule has 0 unspecified atom stereocenters. The lowest BCUT2D eigenvalue weighted by atomic mass is 10.1. The fraction of sp³-hybridized carbons (Fsp3) is 0.409. The molecule has 0 saturated heterocycles. The van der Waals surface area contributed by atoms with Gasteiger partial charge in [-0.1, -0.05) is 42.5 Å². The number of ether oxygens (including phenoxy) is 2. The fourth-order valence-electron chi connectivity index (χ4n) is 2.70. The van der Waals surface area contributed by atoms with Crippen LogP contribution in [0.5, 0.6) is 5.75 Å². The normalized spacial score (nSPS) is 10.9. The van der Waals surface area contributed by atoms with Gasteiger partial charge in [-0.2, -0.15) is 0 Å². The molecule has 0 aliphatic heterocycles. The number of rotatable bonds is 10. The number of aryl methyl sites for hydroxylation is 1. The van der Waals surface area contributed by atoms with E-state index in [0.717, 1.165) is 36.7 Å². The standard InChI is InChI=1S/C22H31N3O2.HI/c1-18-10-11-20(21(16-18)27-15-7-14-26-3)17-25-22(23-2)24-13-12-19-8-5-4-6-9-19;/h4-6,8-11,16H,7,12-15,17H2,1-3H3,(H2,23,24,25);1H. The number of nitrogens with zero attached hydrogens (tertiary/aromatic N) is 1. The predicted molar refractivity (Wildman–Crippen MR) is 127 cm³/mol. The average molecular weight is 497 g/mol. The second kappa shape index (κ2) is 14.2. The van der Waals surface area contributed by atoms with Gasteiger partial charge in [0.05, 0.1) is 6.61 Å². The molecule has 0 aromatic heterocycles. The molecule has 6 heteroatoms. The highest BCUT2D eigenvalue weighted by molar-refractivity contribution is 14.0. The molecule has 0 aliphatic carbocycles. The number of hydrogen-bond acceptors (Lipinski definition) is 3. The monoisotopic (exact) mass is 497 g/mol. The van der Waals surface area contributed by atoms with Gasteiger partial charge in [-0.25, -0.2) is 0 Å². The fourth-order valence-corrected chi connectivity index (χ4v) is 2.70. The predicted octanol–water partition coefficient (Wildman–Crippen LogP) is 3.94. The van der Waals surface area contributed by atoms with Crippen molar-refractivity contribution in [2.45, 2.75) is 26.3 Å². The first-order valence-electron chi connectivity index (χ1n) is 9.42. The van der Waals surface area contributed by atoms with E-state index in [-0.39, 0.29) is 24.0 Å². The van der Waals surface area contributed by atoms with E-state index in [1.54, 1.807) is 14.2 Å². The van der Waals surface area contributed by atoms with E-state index in [1.807, 2.05) is 6.07 Å². The molecule has 2 aromatic carbocycles. The number of nitrogens with one attached hydrogen (secondary N) is 2. The van der Waals surface area contributed by atoms with Crippen LogP contribution in [0.2, 0.25) is 0 Å². The number of methoxy groups -OCH3 is 1. The van der Waals surface area contributed by atoms with E-state index < -0.39 is 0 Å². The highest BCUT2D eigenvalue weighted by atomic mass is 127. The Balaban J connectivity index is 0.00000392.